The van der Waals surface area contributed by atoms with Crippen LogP contribution in [0, 0.1) is 0 Å². The number of furan rings is 1. The van der Waals surface area contributed by atoms with Gasteiger partial charge in [-0.15, -0.1) is 0 Å². The molecule has 0 unspecified atom stereocenters. The topological polar surface area (TPSA) is 94.8 Å². The zero-order chi connectivity index (χ0) is 16.8. The minimum absolute atomic E-state index is 0.00390. The number of carbonyl (C=O) groups excluding carboxylic acids is 3. The summed E-state index contributed by atoms with van der Waals surface area (Å²) in [7, 11) is 2.47. The first-order valence-corrected chi connectivity index (χ1v) is 6.68. The Morgan fingerprint density at radius 3 is 2.43 bits per heavy atom. The molecule has 0 saturated heterocycles. The Labute approximate surface area is 132 Å². The predicted octanol–water partition coefficient (Wildman–Crippen LogP) is 2.03. The van der Waals surface area contributed by atoms with Gasteiger partial charge in [-0.2, -0.15) is 0 Å². The largest absolute Gasteiger partial charge is 0.469 e. The molecule has 1 aromatic carbocycles. The van der Waals surface area contributed by atoms with Gasteiger partial charge in [-0.25, -0.2) is 9.59 Å². The maximum atomic E-state index is 12.1. The van der Waals surface area contributed by atoms with Crippen molar-refractivity contribution in [3.8, 4) is 0 Å². The molecule has 1 N–H and O–H groups in total. The average Bonchev–Trinajstić information content (AvgIpc) is 3.06. The molecule has 1 amide bonds. The van der Waals surface area contributed by atoms with E-state index >= 15 is 0 Å². The smallest absolute Gasteiger partial charge is 0.339 e. The summed E-state index contributed by atoms with van der Waals surface area (Å²) in [6, 6.07) is 7.49. The third-order valence-corrected chi connectivity index (χ3v) is 3.03. The van der Waals surface area contributed by atoms with Gasteiger partial charge in [0.1, 0.15) is 5.76 Å². The van der Waals surface area contributed by atoms with Crippen LogP contribution in [0.2, 0.25) is 0 Å². The minimum Gasteiger partial charge on any atom is -0.469 e. The van der Waals surface area contributed by atoms with Gasteiger partial charge in [0, 0.05) is 0 Å². The first-order valence-electron chi connectivity index (χ1n) is 6.68. The Balaban J connectivity index is 2.27. The first-order chi connectivity index (χ1) is 11.0. The number of nitrogens with one attached hydrogen (secondary N) is 1. The van der Waals surface area contributed by atoms with Crippen LogP contribution in [0.5, 0.6) is 0 Å². The third-order valence-electron chi connectivity index (χ3n) is 3.03. The number of methoxy groups -OCH3 is 2. The summed E-state index contributed by atoms with van der Waals surface area (Å²) >= 11 is 0. The summed E-state index contributed by atoms with van der Waals surface area (Å²) in [5.41, 5.74) is 0.498. The summed E-state index contributed by atoms with van der Waals surface area (Å²) in [6.07, 6.45) is 1.45. The molecule has 0 atom stereocenters. The molecule has 0 bridgehead atoms. The van der Waals surface area contributed by atoms with Gasteiger partial charge in [0.2, 0.25) is 5.91 Å². The number of rotatable bonds is 5. The van der Waals surface area contributed by atoms with Crippen molar-refractivity contribution in [2.24, 2.45) is 0 Å². The Bertz CT molecular complexity index is 720. The lowest BCUT2D eigenvalue weighted by Gasteiger charge is -2.11. The zero-order valence-electron chi connectivity index (χ0n) is 12.6. The number of ether oxygens (including phenoxy) is 2. The van der Waals surface area contributed by atoms with Crippen LogP contribution in [0.15, 0.2) is 41.0 Å². The van der Waals surface area contributed by atoms with Crippen LogP contribution < -0.4 is 5.32 Å². The van der Waals surface area contributed by atoms with Crippen LogP contribution in [-0.4, -0.2) is 32.1 Å². The molecule has 2 aromatic rings. The van der Waals surface area contributed by atoms with E-state index in [0.29, 0.717) is 5.76 Å². The summed E-state index contributed by atoms with van der Waals surface area (Å²) in [5.74, 6) is -1.13. The molecule has 120 valence electrons. The second-order valence-corrected chi connectivity index (χ2v) is 4.55. The number of amides is 1. The van der Waals surface area contributed by atoms with Gasteiger partial charge in [-0.05, 0) is 30.3 Å². The van der Waals surface area contributed by atoms with Crippen LogP contribution >= 0.6 is 0 Å². The summed E-state index contributed by atoms with van der Waals surface area (Å²) in [6.45, 7) is 0. The van der Waals surface area contributed by atoms with E-state index in [-0.39, 0.29) is 23.2 Å². The number of hydrogen-bond acceptors (Lipinski definition) is 6. The van der Waals surface area contributed by atoms with Crippen molar-refractivity contribution >= 4 is 23.5 Å². The lowest BCUT2D eigenvalue weighted by Crippen LogP contribution is -2.18. The van der Waals surface area contributed by atoms with Crippen molar-refractivity contribution < 1.29 is 28.3 Å². The molecule has 0 aliphatic rings. The third kappa shape index (κ3) is 3.97. The molecule has 1 heterocycles. The molecule has 1 aromatic heterocycles. The number of esters is 2. The van der Waals surface area contributed by atoms with Gasteiger partial charge in [0.25, 0.3) is 0 Å². The number of benzene rings is 1. The van der Waals surface area contributed by atoms with E-state index in [9.17, 15) is 14.4 Å². The standard InChI is InChI=1S/C16H15NO6/c1-21-15(19)10-5-6-12(16(20)22-2)13(8-10)17-14(18)9-11-4-3-7-23-11/h3-8H,9H2,1-2H3,(H,17,18). The Hall–Kier alpha value is -3.09. The Kier molecular flexibility index (Phi) is 5.14. The maximum absolute atomic E-state index is 12.1. The highest BCUT2D eigenvalue weighted by Crippen LogP contribution is 2.20. The van der Waals surface area contributed by atoms with Crippen LogP contribution in [0.3, 0.4) is 0 Å². The fourth-order valence-electron chi connectivity index (χ4n) is 1.95. The SMILES string of the molecule is COC(=O)c1ccc(C(=O)OC)c(NC(=O)Cc2ccco2)c1. The highest BCUT2D eigenvalue weighted by atomic mass is 16.5. The number of carbonyl (C=O) groups is 3. The van der Waals surface area contributed by atoms with Crippen molar-refractivity contribution in [2.75, 3.05) is 19.5 Å². The van der Waals surface area contributed by atoms with Crippen molar-refractivity contribution in [3.63, 3.8) is 0 Å². The molecule has 7 heteroatoms. The predicted molar refractivity (Wildman–Crippen MR) is 80.2 cm³/mol. The van der Waals surface area contributed by atoms with E-state index in [2.05, 4.69) is 14.8 Å². The molecule has 0 saturated carbocycles. The maximum Gasteiger partial charge on any atom is 0.339 e. The average molecular weight is 317 g/mol. The highest BCUT2D eigenvalue weighted by Gasteiger charge is 2.17. The molecular formula is C16H15NO6. The van der Waals surface area contributed by atoms with Crippen LogP contribution in [0.25, 0.3) is 0 Å². The second kappa shape index (κ2) is 7.26. The zero-order valence-corrected chi connectivity index (χ0v) is 12.6. The molecule has 2 rings (SSSR count). The fourth-order valence-corrected chi connectivity index (χ4v) is 1.95. The molecule has 7 nitrogen and oxygen atoms in total. The van der Waals surface area contributed by atoms with Crippen molar-refractivity contribution in [1.82, 2.24) is 0 Å². The van der Waals surface area contributed by atoms with Gasteiger partial charge in [0.15, 0.2) is 0 Å². The first kappa shape index (κ1) is 16.3. The fraction of sp³-hybridized carbons (Fsp3) is 0.188. The van der Waals surface area contributed by atoms with Gasteiger partial charge < -0.3 is 19.2 Å². The Morgan fingerprint density at radius 2 is 1.83 bits per heavy atom. The molecule has 23 heavy (non-hydrogen) atoms. The van der Waals surface area contributed by atoms with Crippen molar-refractivity contribution in [1.29, 1.82) is 0 Å². The Morgan fingerprint density at radius 1 is 1.09 bits per heavy atom. The highest BCUT2D eigenvalue weighted by molar-refractivity contribution is 6.03. The van der Waals surface area contributed by atoms with Gasteiger partial charge >= 0.3 is 11.9 Å². The number of anilines is 1. The molecule has 0 spiro atoms. The quantitative estimate of drug-likeness (QED) is 0.848. The van der Waals surface area contributed by atoms with Crippen molar-refractivity contribution in [2.45, 2.75) is 6.42 Å². The molecular weight excluding hydrogens is 302 g/mol. The van der Waals surface area contributed by atoms with Crippen LogP contribution in [0.1, 0.15) is 26.5 Å². The van der Waals surface area contributed by atoms with Gasteiger partial charge in [0.05, 0.1) is 43.7 Å². The van der Waals surface area contributed by atoms with Crippen LogP contribution in [-0.2, 0) is 20.7 Å². The summed E-state index contributed by atoms with van der Waals surface area (Å²) < 4.78 is 14.4. The summed E-state index contributed by atoms with van der Waals surface area (Å²) in [4.78, 5) is 35.4. The van der Waals surface area contributed by atoms with Crippen LogP contribution in [0.4, 0.5) is 5.69 Å². The van der Waals surface area contributed by atoms with E-state index in [1.807, 2.05) is 0 Å². The molecule has 0 radical (unpaired) electrons. The normalized spacial score (nSPS) is 10.0. The monoisotopic (exact) mass is 317 g/mol. The number of hydrogen-bond donors (Lipinski definition) is 1. The minimum atomic E-state index is -0.630. The molecule has 0 aliphatic heterocycles. The van der Waals surface area contributed by atoms with E-state index in [0.717, 1.165) is 0 Å². The lowest BCUT2D eigenvalue weighted by atomic mass is 10.1. The van der Waals surface area contributed by atoms with Gasteiger partial charge in [-0.1, -0.05) is 0 Å². The van der Waals surface area contributed by atoms with E-state index < -0.39 is 17.8 Å². The molecule has 0 fully saturated rings. The van der Waals surface area contributed by atoms with E-state index in [1.54, 1.807) is 12.1 Å². The van der Waals surface area contributed by atoms with E-state index in [4.69, 9.17) is 4.42 Å². The van der Waals surface area contributed by atoms with Crippen molar-refractivity contribution in [3.05, 3.63) is 53.5 Å². The van der Waals surface area contributed by atoms with E-state index in [1.165, 1.54) is 38.7 Å². The molecule has 0 aliphatic carbocycles. The summed E-state index contributed by atoms with van der Waals surface area (Å²) in [5, 5.41) is 2.58. The lowest BCUT2D eigenvalue weighted by molar-refractivity contribution is -0.115. The van der Waals surface area contributed by atoms with Gasteiger partial charge in [-0.3, -0.25) is 4.79 Å². The second-order valence-electron chi connectivity index (χ2n) is 4.55.